The maximum Gasteiger partial charge on any atom is 0.405 e. The monoisotopic (exact) mass is 764 g/mol. The minimum Gasteiger partial charge on any atom is -0.465 e. The summed E-state index contributed by atoms with van der Waals surface area (Å²) in [6, 6.07) is 18.8. The Balaban J connectivity index is 1.23. The molecule has 284 valence electrons. The number of nitrogens with one attached hydrogen (secondary N) is 2. The Kier molecular flexibility index (Phi) is 9.80. The molecule has 2 aliphatic heterocycles. The number of hydrogen-bond acceptors (Lipinski definition) is 10. The number of carbonyl (C=O) groups is 4. The molecule has 3 N–H and O–H groups in total. The topological polar surface area (TPSA) is 197 Å². The first-order valence-electron chi connectivity index (χ1n) is 18.6. The Hall–Kier alpha value is -5.70. The predicted molar refractivity (Wildman–Crippen MR) is 204 cm³/mol. The minimum atomic E-state index is -3.93. The van der Waals surface area contributed by atoms with E-state index in [1.54, 1.807) is 6.07 Å². The Morgan fingerprint density at radius 1 is 0.873 bits per heavy atom. The number of hydrogen-bond donors (Lipinski definition) is 3. The number of carbonyl (C=O) groups excluding carboxylic acids is 3. The molecule has 1 saturated carbocycles. The van der Waals surface area contributed by atoms with Crippen LogP contribution in [0.15, 0.2) is 83.0 Å². The van der Waals surface area contributed by atoms with Gasteiger partial charge in [0, 0.05) is 43.2 Å². The number of aliphatic imine (C=N–C) groups is 1. The number of para-hydroxylation sites is 2. The van der Waals surface area contributed by atoms with Gasteiger partial charge in [-0.2, -0.15) is 0 Å². The molecule has 3 amide bonds. The van der Waals surface area contributed by atoms with Gasteiger partial charge in [0.05, 0.1) is 34.3 Å². The zero-order valence-corrected chi connectivity index (χ0v) is 30.7. The number of ether oxygens (including phenoxy) is 1. The lowest BCUT2D eigenvalue weighted by Crippen LogP contribution is -2.50. The average Bonchev–Trinajstić information content (AvgIpc) is 4.11. The van der Waals surface area contributed by atoms with E-state index in [1.165, 1.54) is 11.1 Å². The molecule has 1 saturated heterocycles. The van der Waals surface area contributed by atoms with Gasteiger partial charge in [-0.05, 0) is 60.6 Å². The van der Waals surface area contributed by atoms with Crippen molar-refractivity contribution in [2.75, 3.05) is 0 Å². The summed E-state index contributed by atoms with van der Waals surface area (Å²) in [6.45, 7) is 0. The number of sulfonamides is 1. The van der Waals surface area contributed by atoms with Crippen molar-refractivity contribution in [1.29, 1.82) is 0 Å². The molecule has 4 atom stereocenters. The molecule has 0 bridgehead atoms. The second-order valence-corrected chi connectivity index (χ2v) is 16.5. The van der Waals surface area contributed by atoms with Gasteiger partial charge in [0.15, 0.2) is 12.0 Å². The summed E-state index contributed by atoms with van der Waals surface area (Å²) in [6.07, 6.45) is 2.24. The number of carboxylic acid groups (broad SMARTS) is 1. The normalized spacial score (nSPS) is 23.5. The standard InChI is InChI=1S/C40H40N6O8S/c47-34-18-19-36(54-39-37(42-29-13-5-6-14-30(29)43-39)27-12-7-10-23-8-1-3-11-26(23)27)46-33(28(21-35(46)48)38(49)45-55(52,53)25-16-17-25)22-41-32-20-24(32)9-2-4-15-31(34)44-40(50)51/h1,3,5-8,10-14,22,25,28,31,33,36,44H,2,4,9,15-21H2,(H,45,49)(H,50,51)/t28-,31?,33?,36+/m0/s1. The molecule has 0 radical (unpaired) electrons. The van der Waals surface area contributed by atoms with Crippen LogP contribution in [0.25, 0.3) is 33.1 Å². The van der Waals surface area contributed by atoms with E-state index in [0.717, 1.165) is 28.5 Å². The van der Waals surface area contributed by atoms with E-state index in [0.29, 0.717) is 60.8 Å². The fraction of sp³-hybridized carbons (Fsp3) is 0.375. The average molecular weight is 765 g/mol. The predicted octanol–water partition coefficient (Wildman–Crippen LogP) is 5.27. The molecule has 8 rings (SSSR count). The minimum absolute atomic E-state index is 0.0746. The van der Waals surface area contributed by atoms with E-state index < -0.39 is 57.4 Å². The number of nitrogens with zero attached hydrogens (tertiary/aromatic N) is 4. The fourth-order valence-electron chi connectivity index (χ4n) is 7.57. The zero-order valence-electron chi connectivity index (χ0n) is 29.9. The third-order valence-electron chi connectivity index (χ3n) is 10.7. The molecule has 4 aromatic rings. The van der Waals surface area contributed by atoms with Crippen LogP contribution in [-0.4, -0.2) is 81.9 Å². The van der Waals surface area contributed by atoms with Gasteiger partial charge in [0.2, 0.25) is 27.7 Å². The molecule has 55 heavy (non-hydrogen) atoms. The SMILES string of the molecule is O=C(O)NC1CCCCC2=C(C2)N=CC2[C@@H](C(=O)NS(=O)(=O)C3CC3)CC(=O)N2[C@H](Oc2nc3ccccc3nc2-c2cccc3ccccc23)CCC1=O. The Morgan fingerprint density at radius 3 is 2.40 bits per heavy atom. The lowest BCUT2D eigenvalue weighted by Gasteiger charge is -2.33. The summed E-state index contributed by atoms with van der Waals surface area (Å²) >= 11 is 0. The van der Waals surface area contributed by atoms with Crippen molar-refractivity contribution in [2.45, 2.75) is 87.8 Å². The van der Waals surface area contributed by atoms with Gasteiger partial charge in [-0.3, -0.25) is 29.0 Å². The number of amides is 3. The first-order valence-corrected chi connectivity index (χ1v) is 20.2. The van der Waals surface area contributed by atoms with Crippen molar-refractivity contribution in [3.8, 4) is 17.1 Å². The molecule has 4 aliphatic rings. The van der Waals surface area contributed by atoms with E-state index >= 15 is 0 Å². The number of allylic oxidation sites excluding steroid dienone is 2. The van der Waals surface area contributed by atoms with Gasteiger partial charge < -0.3 is 15.2 Å². The van der Waals surface area contributed by atoms with Crippen molar-refractivity contribution in [3.63, 3.8) is 0 Å². The second-order valence-electron chi connectivity index (χ2n) is 14.5. The Labute approximate surface area is 317 Å². The van der Waals surface area contributed by atoms with Crippen LogP contribution in [0, 0.1) is 5.92 Å². The summed E-state index contributed by atoms with van der Waals surface area (Å²) in [7, 11) is -3.93. The van der Waals surface area contributed by atoms with E-state index in [9.17, 15) is 32.7 Å². The highest BCUT2D eigenvalue weighted by molar-refractivity contribution is 7.90. The maximum absolute atomic E-state index is 14.2. The Bertz CT molecular complexity index is 2390. The molecule has 0 spiro atoms. The number of aromatic nitrogens is 2. The quantitative estimate of drug-likeness (QED) is 0.223. The van der Waals surface area contributed by atoms with Gasteiger partial charge in [-0.15, -0.1) is 0 Å². The summed E-state index contributed by atoms with van der Waals surface area (Å²) < 4.78 is 34.8. The largest absolute Gasteiger partial charge is 0.465 e. The van der Waals surface area contributed by atoms with Crippen LogP contribution in [0.5, 0.6) is 5.88 Å². The first-order chi connectivity index (χ1) is 26.6. The highest BCUT2D eigenvalue weighted by atomic mass is 32.2. The van der Waals surface area contributed by atoms with Crippen molar-refractivity contribution in [1.82, 2.24) is 24.9 Å². The van der Waals surface area contributed by atoms with Crippen LogP contribution >= 0.6 is 0 Å². The Morgan fingerprint density at radius 2 is 1.62 bits per heavy atom. The van der Waals surface area contributed by atoms with Crippen molar-refractivity contribution in [3.05, 3.63) is 78.0 Å². The number of benzene rings is 3. The van der Waals surface area contributed by atoms with Crippen LogP contribution in [0.2, 0.25) is 0 Å². The lowest BCUT2D eigenvalue weighted by atomic mass is 9.99. The number of rotatable bonds is 7. The second kappa shape index (κ2) is 14.9. The fourth-order valence-corrected chi connectivity index (χ4v) is 8.92. The molecule has 2 aliphatic carbocycles. The van der Waals surface area contributed by atoms with Crippen LogP contribution in [0.1, 0.15) is 64.2 Å². The van der Waals surface area contributed by atoms with E-state index in [4.69, 9.17) is 19.7 Å². The zero-order chi connectivity index (χ0) is 38.3. The van der Waals surface area contributed by atoms with Gasteiger partial charge in [-0.25, -0.2) is 23.2 Å². The molecule has 15 heteroatoms. The first kappa shape index (κ1) is 36.3. The molecule has 14 nitrogen and oxygen atoms in total. The maximum atomic E-state index is 14.2. The third kappa shape index (κ3) is 7.79. The summed E-state index contributed by atoms with van der Waals surface area (Å²) in [5.41, 5.74) is 4.12. The van der Waals surface area contributed by atoms with Crippen molar-refractivity contribution >= 4 is 61.7 Å². The smallest absolute Gasteiger partial charge is 0.405 e. The molecule has 2 unspecified atom stereocenters. The summed E-state index contributed by atoms with van der Waals surface area (Å²) in [4.78, 5) is 69.4. The van der Waals surface area contributed by atoms with Crippen molar-refractivity contribution < 1.29 is 37.4 Å². The lowest BCUT2D eigenvalue weighted by molar-refractivity contribution is -0.137. The summed E-state index contributed by atoms with van der Waals surface area (Å²) in [5, 5.41) is 13.1. The van der Waals surface area contributed by atoms with E-state index in [2.05, 4.69) is 10.0 Å². The highest BCUT2D eigenvalue weighted by Crippen LogP contribution is 2.39. The van der Waals surface area contributed by atoms with E-state index in [-0.39, 0.29) is 30.9 Å². The van der Waals surface area contributed by atoms with Gasteiger partial charge in [0.25, 0.3) is 0 Å². The number of Topliss-reactive ketones (excluding diaryl/α,β-unsaturated/α-hetero) is 1. The van der Waals surface area contributed by atoms with Gasteiger partial charge in [-0.1, -0.05) is 61.0 Å². The van der Waals surface area contributed by atoms with Crippen molar-refractivity contribution in [2.24, 2.45) is 10.9 Å². The summed E-state index contributed by atoms with van der Waals surface area (Å²) in [5.74, 6) is -2.76. The number of fused-ring (bicyclic) bond motifs is 3. The molecular formula is C40H40N6O8S. The molecule has 2 fully saturated rings. The third-order valence-corrected chi connectivity index (χ3v) is 12.5. The van der Waals surface area contributed by atoms with Crippen LogP contribution in [0.4, 0.5) is 4.79 Å². The molecule has 1 aromatic heterocycles. The highest BCUT2D eigenvalue weighted by Gasteiger charge is 2.49. The molecular weight excluding hydrogens is 725 g/mol. The van der Waals surface area contributed by atoms with Gasteiger partial charge >= 0.3 is 6.09 Å². The van der Waals surface area contributed by atoms with Gasteiger partial charge in [0.1, 0.15) is 5.69 Å². The molecule has 3 aromatic carbocycles. The molecule has 3 heterocycles. The van der Waals surface area contributed by atoms with E-state index in [1.807, 2.05) is 60.7 Å². The number of ketones is 1. The van der Waals surface area contributed by atoms with Crippen LogP contribution in [-0.2, 0) is 24.4 Å². The van der Waals surface area contributed by atoms with Crippen LogP contribution in [0.3, 0.4) is 0 Å². The van der Waals surface area contributed by atoms with Crippen LogP contribution < -0.4 is 14.8 Å².